The molecule has 0 amide bonds. The molecular formula is C7H5Br2S. The molecule has 0 aliphatic heterocycles. The van der Waals surface area contributed by atoms with E-state index in [1.54, 1.807) is 0 Å². The van der Waals surface area contributed by atoms with Gasteiger partial charge in [0.2, 0.25) is 0 Å². The highest BCUT2D eigenvalue weighted by Gasteiger charge is 2.00. The van der Waals surface area contributed by atoms with Gasteiger partial charge in [-0.15, -0.1) is 0 Å². The highest BCUT2D eigenvalue weighted by atomic mass is 79.9. The van der Waals surface area contributed by atoms with Crippen LogP contribution in [-0.4, -0.2) is 0 Å². The van der Waals surface area contributed by atoms with Gasteiger partial charge in [0.15, 0.2) is 0 Å². The molecule has 0 aliphatic rings. The fourth-order valence-electron chi connectivity index (χ4n) is 0.670. The summed E-state index contributed by atoms with van der Waals surface area (Å²) in [5.41, 5.74) is 1.15. The smallest absolute Gasteiger partial charge is 0.0311 e. The molecule has 0 bridgehead atoms. The Balaban J connectivity index is 3.17. The van der Waals surface area contributed by atoms with Crippen LogP contribution in [0.4, 0.5) is 0 Å². The van der Waals surface area contributed by atoms with Gasteiger partial charge in [0.05, 0.1) is 0 Å². The Morgan fingerprint density at radius 1 is 1.20 bits per heavy atom. The molecule has 0 aliphatic carbocycles. The molecule has 0 saturated heterocycles. The van der Waals surface area contributed by atoms with E-state index in [2.05, 4.69) is 31.9 Å². The van der Waals surface area contributed by atoms with Crippen molar-refractivity contribution >= 4 is 44.5 Å². The van der Waals surface area contributed by atoms with Crippen molar-refractivity contribution in [2.45, 2.75) is 5.75 Å². The van der Waals surface area contributed by atoms with E-state index in [1.807, 2.05) is 18.2 Å². The summed E-state index contributed by atoms with van der Waals surface area (Å²) in [7, 11) is 0. The van der Waals surface area contributed by atoms with Crippen LogP contribution in [0.25, 0.3) is 0 Å². The Morgan fingerprint density at radius 2 is 1.70 bits per heavy atom. The third kappa shape index (κ3) is 1.77. The van der Waals surface area contributed by atoms with E-state index in [4.69, 9.17) is 12.6 Å². The molecule has 0 aromatic heterocycles. The Kier molecular flexibility index (Phi) is 3.27. The van der Waals surface area contributed by atoms with E-state index < -0.39 is 0 Å². The highest BCUT2D eigenvalue weighted by molar-refractivity contribution is 9.11. The summed E-state index contributed by atoms with van der Waals surface area (Å²) in [6.45, 7) is 0. The summed E-state index contributed by atoms with van der Waals surface area (Å²) in [4.78, 5) is 0. The first kappa shape index (κ1) is 8.62. The van der Waals surface area contributed by atoms with E-state index in [-0.39, 0.29) is 0 Å². The van der Waals surface area contributed by atoms with Gasteiger partial charge < -0.3 is 0 Å². The maximum Gasteiger partial charge on any atom is 0.0311 e. The number of rotatable bonds is 1. The van der Waals surface area contributed by atoms with Gasteiger partial charge in [0.25, 0.3) is 0 Å². The van der Waals surface area contributed by atoms with Gasteiger partial charge in [-0.3, -0.25) is 0 Å². The average molecular weight is 281 g/mol. The van der Waals surface area contributed by atoms with Gasteiger partial charge >= 0.3 is 0 Å². The van der Waals surface area contributed by atoms with Crippen molar-refractivity contribution in [1.29, 1.82) is 0 Å². The molecule has 0 spiro atoms. The first-order valence-electron chi connectivity index (χ1n) is 2.76. The van der Waals surface area contributed by atoms with E-state index in [0.29, 0.717) is 5.75 Å². The van der Waals surface area contributed by atoms with Gasteiger partial charge in [-0.2, -0.15) is 0 Å². The summed E-state index contributed by atoms with van der Waals surface area (Å²) in [5, 5.41) is 0. The first-order valence-corrected chi connectivity index (χ1v) is 4.93. The van der Waals surface area contributed by atoms with Crippen molar-refractivity contribution < 1.29 is 0 Å². The fourth-order valence-corrected chi connectivity index (χ4v) is 2.63. The lowest BCUT2D eigenvalue weighted by atomic mass is 10.2. The lowest BCUT2D eigenvalue weighted by molar-refractivity contribution is 1.36. The maximum atomic E-state index is 4.93. The number of hydrogen-bond acceptors (Lipinski definition) is 0. The molecule has 0 fully saturated rings. The monoisotopic (exact) mass is 279 g/mol. The molecule has 1 aromatic rings. The summed E-state index contributed by atoms with van der Waals surface area (Å²) in [6.07, 6.45) is 0. The zero-order valence-electron chi connectivity index (χ0n) is 5.10. The van der Waals surface area contributed by atoms with Crippen molar-refractivity contribution in [3.63, 3.8) is 0 Å². The largest absolute Gasteiger partial charge is 0.0889 e. The molecule has 0 nitrogen and oxygen atoms in total. The minimum Gasteiger partial charge on any atom is -0.0889 e. The van der Waals surface area contributed by atoms with E-state index in [0.717, 1.165) is 14.5 Å². The molecule has 0 heterocycles. The zero-order chi connectivity index (χ0) is 7.56. The summed E-state index contributed by atoms with van der Waals surface area (Å²) < 4.78 is 2.16. The summed E-state index contributed by atoms with van der Waals surface area (Å²) in [6, 6.07) is 5.96. The number of hydrogen-bond donors (Lipinski definition) is 0. The van der Waals surface area contributed by atoms with Gasteiger partial charge in [-0.1, -0.05) is 50.6 Å². The van der Waals surface area contributed by atoms with Crippen LogP contribution in [0.15, 0.2) is 27.1 Å². The SMILES string of the molecule is [S]Cc1c(Br)cccc1Br. The molecule has 1 radical (unpaired) electrons. The minimum absolute atomic E-state index is 0.641. The van der Waals surface area contributed by atoms with Crippen LogP contribution in [0.1, 0.15) is 5.56 Å². The molecule has 0 unspecified atom stereocenters. The Labute approximate surface area is 82.7 Å². The van der Waals surface area contributed by atoms with Crippen molar-refractivity contribution in [2.24, 2.45) is 0 Å². The number of benzene rings is 1. The quantitative estimate of drug-likeness (QED) is 0.732. The molecule has 1 aromatic carbocycles. The van der Waals surface area contributed by atoms with Crippen molar-refractivity contribution in [1.82, 2.24) is 0 Å². The van der Waals surface area contributed by atoms with Gasteiger partial charge in [-0.05, 0) is 17.7 Å². The predicted molar refractivity (Wildman–Crippen MR) is 53.1 cm³/mol. The standard InChI is InChI=1S/C7H5Br2S/c8-6-2-1-3-7(9)5(6)4-10/h1-3H,4H2. The summed E-state index contributed by atoms with van der Waals surface area (Å²) >= 11 is 11.8. The van der Waals surface area contributed by atoms with Crippen molar-refractivity contribution in [3.05, 3.63) is 32.7 Å². The molecule has 3 heteroatoms. The fraction of sp³-hybridized carbons (Fsp3) is 0.143. The maximum absolute atomic E-state index is 4.93. The van der Waals surface area contributed by atoms with Crippen LogP contribution in [0.2, 0.25) is 0 Å². The lowest BCUT2D eigenvalue weighted by Gasteiger charge is -2.01. The Morgan fingerprint density at radius 3 is 2.00 bits per heavy atom. The molecular weight excluding hydrogens is 276 g/mol. The predicted octanol–water partition coefficient (Wildman–Crippen LogP) is 3.91. The Hall–Kier alpha value is 0.530. The number of halogens is 2. The minimum atomic E-state index is 0.641. The van der Waals surface area contributed by atoms with Crippen LogP contribution in [0, 0.1) is 0 Å². The molecule has 0 saturated carbocycles. The average Bonchev–Trinajstić information content (AvgIpc) is 1.88. The topological polar surface area (TPSA) is 0 Å². The third-order valence-corrected chi connectivity index (χ3v) is 2.98. The third-order valence-electron chi connectivity index (χ3n) is 1.21. The van der Waals surface area contributed by atoms with Crippen LogP contribution < -0.4 is 0 Å². The first-order chi connectivity index (χ1) is 4.75. The van der Waals surface area contributed by atoms with Crippen molar-refractivity contribution in [3.8, 4) is 0 Å². The molecule has 0 atom stereocenters. The lowest BCUT2D eigenvalue weighted by Crippen LogP contribution is -1.81. The van der Waals surface area contributed by atoms with Gasteiger partial charge in [-0.25, -0.2) is 0 Å². The molecule has 0 N–H and O–H groups in total. The molecule has 53 valence electrons. The summed E-state index contributed by atoms with van der Waals surface area (Å²) in [5.74, 6) is 0.641. The van der Waals surface area contributed by atoms with Gasteiger partial charge in [0.1, 0.15) is 0 Å². The van der Waals surface area contributed by atoms with E-state index >= 15 is 0 Å². The van der Waals surface area contributed by atoms with E-state index in [1.165, 1.54) is 0 Å². The zero-order valence-corrected chi connectivity index (χ0v) is 9.09. The second-order valence-electron chi connectivity index (χ2n) is 1.84. The van der Waals surface area contributed by atoms with Crippen LogP contribution in [-0.2, 0) is 5.75 Å². The van der Waals surface area contributed by atoms with Crippen LogP contribution >= 0.6 is 44.5 Å². The van der Waals surface area contributed by atoms with E-state index in [9.17, 15) is 0 Å². The molecule has 10 heavy (non-hydrogen) atoms. The Bertz CT molecular complexity index is 215. The van der Waals surface area contributed by atoms with Gasteiger partial charge in [0, 0.05) is 14.7 Å². The normalized spacial score (nSPS) is 9.90. The second-order valence-corrected chi connectivity index (χ2v) is 3.84. The van der Waals surface area contributed by atoms with Crippen LogP contribution in [0.5, 0.6) is 0 Å². The highest BCUT2D eigenvalue weighted by Crippen LogP contribution is 2.25. The van der Waals surface area contributed by atoms with Crippen LogP contribution in [0.3, 0.4) is 0 Å². The van der Waals surface area contributed by atoms with Crippen molar-refractivity contribution in [2.75, 3.05) is 0 Å². The molecule has 1 rings (SSSR count). The second kappa shape index (κ2) is 3.79.